The smallest absolute Gasteiger partial charge is 0.192 e. The Hall–Kier alpha value is -2.29. The van der Waals surface area contributed by atoms with E-state index in [4.69, 9.17) is 4.42 Å². The van der Waals surface area contributed by atoms with Gasteiger partial charge in [-0.3, -0.25) is 0 Å². The monoisotopic (exact) mass is 280 g/mol. The van der Waals surface area contributed by atoms with E-state index in [1.165, 1.54) is 11.1 Å². The standard InChI is InChI=1S/C18H20N2O/c1-4-14-5-7-15(8-6-14)12(2)19-16-9-10-18-17(11-16)20-13(3)21-18/h5-12,19H,4H2,1-3H3. The van der Waals surface area contributed by atoms with E-state index < -0.39 is 0 Å². The maximum absolute atomic E-state index is 5.50. The lowest BCUT2D eigenvalue weighted by molar-refractivity contribution is 0.561. The van der Waals surface area contributed by atoms with E-state index in [1.807, 2.05) is 25.1 Å². The van der Waals surface area contributed by atoms with Gasteiger partial charge in [-0.25, -0.2) is 4.98 Å². The van der Waals surface area contributed by atoms with E-state index in [0.29, 0.717) is 5.89 Å². The Balaban J connectivity index is 1.79. The van der Waals surface area contributed by atoms with Gasteiger partial charge in [-0.1, -0.05) is 31.2 Å². The molecule has 0 bridgehead atoms. The molecule has 21 heavy (non-hydrogen) atoms. The molecule has 108 valence electrons. The number of benzene rings is 2. The first-order valence-electron chi connectivity index (χ1n) is 7.38. The third kappa shape index (κ3) is 2.92. The minimum atomic E-state index is 0.251. The zero-order chi connectivity index (χ0) is 14.8. The molecule has 0 amide bonds. The van der Waals surface area contributed by atoms with Gasteiger partial charge in [0.15, 0.2) is 11.5 Å². The van der Waals surface area contributed by atoms with Crippen LogP contribution in [0.25, 0.3) is 11.1 Å². The first kappa shape index (κ1) is 13.7. The number of aryl methyl sites for hydroxylation is 2. The van der Waals surface area contributed by atoms with Crippen LogP contribution in [0.15, 0.2) is 46.9 Å². The summed E-state index contributed by atoms with van der Waals surface area (Å²) in [6, 6.07) is 15.0. The second-order valence-corrected chi connectivity index (χ2v) is 5.38. The number of oxazole rings is 1. The van der Waals surface area contributed by atoms with Crippen molar-refractivity contribution in [2.75, 3.05) is 5.32 Å². The van der Waals surface area contributed by atoms with Gasteiger partial charge in [0.25, 0.3) is 0 Å². The van der Waals surface area contributed by atoms with Crippen molar-refractivity contribution in [1.82, 2.24) is 4.98 Å². The van der Waals surface area contributed by atoms with Crippen LogP contribution in [0.3, 0.4) is 0 Å². The number of aromatic nitrogens is 1. The van der Waals surface area contributed by atoms with Gasteiger partial charge < -0.3 is 9.73 Å². The SMILES string of the molecule is CCc1ccc(C(C)Nc2ccc3oc(C)nc3c2)cc1. The maximum atomic E-state index is 5.50. The molecule has 0 aliphatic heterocycles. The molecule has 1 N–H and O–H groups in total. The maximum Gasteiger partial charge on any atom is 0.192 e. The Morgan fingerprint density at radius 3 is 2.62 bits per heavy atom. The van der Waals surface area contributed by atoms with Crippen LogP contribution in [0.4, 0.5) is 5.69 Å². The summed E-state index contributed by atoms with van der Waals surface area (Å²) in [4.78, 5) is 4.37. The molecule has 2 aromatic carbocycles. The summed E-state index contributed by atoms with van der Waals surface area (Å²) in [6.45, 7) is 6.20. The fourth-order valence-corrected chi connectivity index (χ4v) is 2.51. The van der Waals surface area contributed by atoms with Gasteiger partial charge in [-0.05, 0) is 42.7 Å². The van der Waals surface area contributed by atoms with E-state index >= 15 is 0 Å². The van der Waals surface area contributed by atoms with Crippen LogP contribution in [0, 0.1) is 6.92 Å². The fourth-order valence-electron chi connectivity index (χ4n) is 2.51. The predicted molar refractivity (Wildman–Crippen MR) is 86.6 cm³/mol. The third-order valence-electron chi connectivity index (χ3n) is 3.77. The van der Waals surface area contributed by atoms with Gasteiger partial charge in [0.2, 0.25) is 0 Å². The molecular formula is C18H20N2O. The van der Waals surface area contributed by atoms with Crippen LogP contribution in [0.2, 0.25) is 0 Å². The zero-order valence-corrected chi connectivity index (χ0v) is 12.7. The Labute approximate surface area is 125 Å². The predicted octanol–water partition coefficient (Wildman–Crippen LogP) is 4.87. The van der Waals surface area contributed by atoms with Crippen LogP contribution < -0.4 is 5.32 Å². The van der Waals surface area contributed by atoms with Crippen molar-refractivity contribution in [3.63, 3.8) is 0 Å². The molecule has 3 nitrogen and oxygen atoms in total. The molecule has 0 saturated heterocycles. The highest BCUT2D eigenvalue weighted by Crippen LogP contribution is 2.24. The number of rotatable bonds is 4. The van der Waals surface area contributed by atoms with Gasteiger partial charge in [0.1, 0.15) is 5.52 Å². The Morgan fingerprint density at radius 1 is 1.14 bits per heavy atom. The van der Waals surface area contributed by atoms with Gasteiger partial charge in [0, 0.05) is 18.7 Å². The lowest BCUT2D eigenvalue weighted by Crippen LogP contribution is -2.06. The molecule has 1 heterocycles. The van der Waals surface area contributed by atoms with Gasteiger partial charge in [-0.2, -0.15) is 0 Å². The minimum Gasteiger partial charge on any atom is -0.441 e. The summed E-state index contributed by atoms with van der Waals surface area (Å²) < 4.78 is 5.50. The second kappa shape index (κ2) is 5.60. The first-order chi connectivity index (χ1) is 10.2. The molecule has 1 atom stereocenters. The van der Waals surface area contributed by atoms with E-state index in [0.717, 1.165) is 23.2 Å². The molecule has 1 unspecified atom stereocenters. The fraction of sp³-hybridized carbons (Fsp3) is 0.278. The van der Waals surface area contributed by atoms with Crippen LogP contribution in [0.5, 0.6) is 0 Å². The number of nitrogens with one attached hydrogen (secondary N) is 1. The van der Waals surface area contributed by atoms with Crippen molar-refractivity contribution >= 4 is 16.8 Å². The van der Waals surface area contributed by atoms with Crippen molar-refractivity contribution in [3.8, 4) is 0 Å². The molecule has 0 saturated carbocycles. The highest BCUT2D eigenvalue weighted by Gasteiger charge is 2.07. The molecule has 0 aliphatic rings. The largest absolute Gasteiger partial charge is 0.441 e. The van der Waals surface area contributed by atoms with Crippen molar-refractivity contribution < 1.29 is 4.42 Å². The summed E-state index contributed by atoms with van der Waals surface area (Å²) >= 11 is 0. The van der Waals surface area contributed by atoms with Crippen molar-refractivity contribution in [2.24, 2.45) is 0 Å². The van der Waals surface area contributed by atoms with Crippen LogP contribution >= 0.6 is 0 Å². The molecule has 0 radical (unpaired) electrons. The van der Waals surface area contributed by atoms with Crippen molar-refractivity contribution in [3.05, 3.63) is 59.5 Å². The zero-order valence-electron chi connectivity index (χ0n) is 12.7. The molecular weight excluding hydrogens is 260 g/mol. The van der Waals surface area contributed by atoms with Gasteiger partial charge >= 0.3 is 0 Å². The molecule has 0 spiro atoms. The van der Waals surface area contributed by atoms with E-state index in [-0.39, 0.29) is 6.04 Å². The Bertz CT molecular complexity index is 744. The van der Waals surface area contributed by atoms with E-state index in [9.17, 15) is 0 Å². The van der Waals surface area contributed by atoms with E-state index in [1.54, 1.807) is 0 Å². The molecule has 3 heteroatoms. The average molecular weight is 280 g/mol. The van der Waals surface area contributed by atoms with E-state index in [2.05, 4.69) is 48.4 Å². The molecule has 3 aromatic rings. The lowest BCUT2D eigenvalue weighted by Gasteiger charge is -2.16. The summed E-state index contributed by atoms with van der Waals surface area (Å²) in [7, 11) is 0. The molecule has 1 aromatic heterocycles. The summed E-state index contributed by atoms with van der Waals surface area (Å²) in [5, 5.41) is 3.52. The molecule has 0 aliphatic carbocycles. The highest BCUT2D eigenvalue weighted by atomic mass is 16.3. The highest BCUT2D eigenvalue weighted by molar-refractivity contribution is 5.77. The normalized spacial score (nSPS) is 12.5. The average Bonchev–Trinajstić information content (AvgIpc) is 2.86. The summed E-state index contributed by atoms with van der Waals surface area (Å²) in [5.41, 5.74) is 5.43. The number of fused-ring (bicyclic) bond motifs is 1. The van der Waals surface area contributed by atoms with Crippen molar-refractivity contribution in [1.29, 1.82) is 0 Å². The van der Waals surface area contributed by atoms with Crippen molar-refractivity contribution in [2.45, 2.75) is 33.2 Å². The topological polar surface area (TPSA) is 38.1 Å². The quantitative estimate of drug-likeness (QED) is 0.740. The lowest BCUT2D eigenvalue weighted by atomic mass is 10.0. The Kier molecular flexibility index (Phi) is 3.65. The van der Waals surface area contributed by atoms with Gasteiger partial charge in [0.05, 0.1) is 0 Å². The second-order valence-electron chi connectivity index (χ2n) is 5.38. The van der Waals surface area contributed by atoms with Crippen LogP contribution in [0.1, 0.15) is 36.9 Å². The van der Waals surface area contributed by atoms with Crippen LogP contribution in [-0.2, 0) is 6.42 Å². The minimum absolute atomic E-state index is 0.251. The number of hydrogen-bond donors (Lipinski definition) is 1. The number of hydrogen-bond acceptors (Lipinski definition) is 3. The molecule has 3 rings (SSSR count). The van der Waals surface area contributed by atoms with Gasteiger partial charge in [-0.15, -0.1) is 0 Å². The Morgan fingerprint density at radius 2 is 1.90 bits per heavy atom. The first-order valence-corrected chi connectivity index (χ1v) is 7.38. The van der Waals surface area contributed by atoms with Crippen LogP contribution in [-0.4, -0.2) is 4.98 Å². The molecule has 0 fully saturated rings. The summed E-state index contributed by atoms with van der Waals surface area (Å²) in [6.07, 6.45) is 1.07. The number of anilines is 1. The summed E-state index contributed by atoms with van der Waals surface area (Å²) in [5.74, 6) is 0.699. The number of nitrogens with zero attached hydrogens (tertiary/aromatic N) is 1. The third-order valence-corrected chi connectivity index (χ3v) is 3.77.